The zero-order valence-corrected chi connectivity index (χ0v) is 6.96. The third-order valence-electron chi connectivity index (χ3n) is 1.21. The maximum atomic E-state index is 8.48. The lowest BCUT2D eigenvalue weighted by molar-refractivity contribution is -0.0289. The first-order valence-electron chi connectivity index (χ1n) is 3.47. The largest absolute Gasteiger partial charge is 0.359 e. The summed E-state index contributed by atoms with van der Waals surface area (Å²) in [5.41, 5.74) is 0.751. The van der Waals surface area contributed by atoms with Gasteiger partial charge in [-0.2, -0.15) is 5.26 Å². The molecule has 3 heteroatoms. The fourth-order valence-electron chi connectivity index (χ4n) is 0.589. The van der Waals surface area contributed by atoms with Crippen LogP contribution in [0, 0.1) is 11.3 Å². The van der Waals surface area contributed by atoms with E-state index in [1.54, 1.807) is 13.2 Å². The van der Waals surface area contributed by atoms with E-state index in [1.807, 2.05) is 6.92 Å². The monoisotopic (exact) mass is 155 g/mol. The van der Waals surface area contributed by atoms with E-state index in [0.717, 1.165) is 5.57 Å². The molecule has 0 amide bonds. The molecule has 0 aromatic heterocycles. The molecule has 0 aliphatic carbocycles. The average Bonchev–Trinajstić information content (AvgIpc) is 2.05. The standard InChI is InChI=1S/C8H13NO2/c1-3-8(6-9)4-5-11-7-10-2/h3H,4-5,7H2,1-2H3/b8-3+. The Hall–Kier alpha value is -0.850. The van der Waals surface area contributed by atoms with Gasteiger partial charge in [0.1, 0.15) is 6.79 Å². The van der Waals surface area contributed by atoms with Crippen molar-refractivity contribution in [2.24, 2.45) is 0 Å². The minimum atomic E-state index is 0.294. The Labute approximate surface area is 67.2 Å². The lowest BCUT2D eigenvalue weighted by Crippen LogP contribution is -1.98. The highest BCUT2D eigenvalue weighted by Gasteiger charge is 1.92. The Kier molecular flexibility index (Phi) is 6.70. The van der Waals surface area contributed by atoms with Crippen LogP contribution in [-0.2, 0) is 9.47 Å². The van der Waals surface area contributed by atoms with E-state index in [1.165, 1.54) is 0 Å². The second-order valence-corrected chi connectivity index (χ2v) is 1.99. The molecule has 0 atom stereocenters. The topological polar surface area (TPSA) is 42.2 Å². The van der Waals surface area contributed by atoms with E-state index in [9.17, 15) is 0 Å². The molecule has 0 bridgehead atoms. The summed E-state index contributed by atoms with van der Waals surface area (Å²) in [6.45, 7) is 2.68. The highest BCUT2D eigenvalue weighted by atomic mass is 16.7. The maximum Gasteiger partial charge on any atom is 0.146 e. The van der Waals surface area contributed by atoms with Crippen LogP contribution in [0.4, 0.5) is 0 Å². The van der Waals surface area contributed by atoms with Crippen LogP contribution in [0.1, 0.15) is 13.3 Å². The highest BCUT2D eigenvalue weighted by Crippen LogP contribution is 1.98. The van der Waals surface area contributed by atoms with Gasteiger partial charge in [-0.1, -0.05) is 6.08 Å². The summed E-state index contributed by atoms with van der Waals surface area (Å²) < 4.78 is 9.67. The minimum Gasteiger partial charge on any atom is -0.359 e. The first-order chi connectivity index (χ1) is 5.35. The number of allylic oxidation sites excluding steroid dienone is 1. The molecule has 0 aliphatic rings. The van der Waals surface area contributed by atoms with Crippen molar-refractivity contribution in [3.63, 3.8) is 0 Å². The summed E-state index contributed by atoms with van der Waals surface area (Å²) in [5, 5.41) is 8.48. The van der Waals surface area contributed by atoms with Crippen LogP contribution >= 0.6 is 0 Å². The van der Waals surface area contributed by atoms with Gasteiger partial charge in [0, 0.05) is 19.1 Å². The van der Waals surface area contributed by atoms with Crippen molar-refractivity contribution in [1.82, 2.24) is 0 Å². The van der Waals surface area contributed by atoms with Crippen LogP contribution < -0.4 is 0 Å². The quantitative estimate of drug-likeness (QED) is 0.343. The Morgan fingerprint density at radius 3 is 2.82 bits per heavy atom. The van der Waals surface area contributed by atoms with Crippen LogP contribution in [-0.4, -0.2) is 20.5 Å². The molecule has 0 radical (unpaired) electrons. The average molecular weight is 155 g/mol. The highest BCUT2D eigenvalue weighted by molar-refractivity contribution is 5.19. The SMILES string of the molecule is C/C=C(/C#N)CCOCOC. The molecular formula is C8H13NO2. The van der Waals surface area contributed by atoms with Crippen LogP contribution in [0.5, 0.6) is 0 Å². The molecule has 0 aromatic rings. The van der Waals surface area contributed by atoms with Gasteiger partial charge in [0.2, 0.25) is 0 Å². The molecule has 11 heavy (non-hydrogen) atoms. The number of nitriles is 1. The Morgan fingerprint density at radius 1 is 1.64 bits per heavy atom. The van der Waals surface area contributed by atoms with Gasteiger partial charge < -0.3 is 9.47 Å². The number of nitrogens with zero attached hydrogens (tertiary/aromatic N) is 1. The van der Waals surface area contributed by atoms with E-state index in [-0.39, 0.29) is 0 Å². The fraction of sp³-hybridized carbons (Fsp3) is 0.625. The second kappa shape index (κ2) is 7.26. The molecular weight excluding hydrogens is 142 g/mol. The number of rotatable bonds is 5. The molecule has 0 N–H and O–H groups in total. The number of ether oxygens (including phenoxy) is 2. The molecule has 0 heterocycles. The van der Waals surface area contributed by atoms with Gasteiger partial charge >= 0.3 is 0 Å². The lowest BCUT2D eigenvalue weighted by Gasteiger charge is -2.00. The molecule has 0 spiro atoms. The minimum absolute atomic E-state index is 0.294. The van der Waals surface area contributed by atoms with E-state index >= 15 is 0 Å². The predicted octanol–water partition coefficient (Wildman–Crippen LogP) is 1.47. The third kappa shape index (κ3) is 5.59. The zero-order valence-electron chi connectivity index (χ0n) is 6.96. The Morgan fingerprint density at radius 2 is 2.36 bits per heavy atom. The van der Waals surface area contributed by atoms with Crippen molar-refractivity contribution in [2.45, 2.75) is 13.3 Å². The van der Waals surface area contributed by atoms with Gasteiger partial charge in [-0.15, -0.1) is 0 Å². The maximum absolute atomic E-state index is 8.48. The van der Waals surface area contributed by atoms with Gasteiger partial charge in [-0.25, -0.2) is 0 Å². The number of methoxy groups -OCH3 is 1. The number of hydrogen-bond donors (Lipinski definition) is 0. The summed E-state index contributed by atoms with van der Waals surface area (Å²) >= 11 is 0. The van der Waals surface area contributed by atoms with Crippen LogP contribution in [0.15, 0.2) is 11.6 Å². The van der Waals surface area contributed by atoms with E-state index in [0.29, 0.717) is 19.8 Å². The molecule has 0 aromatic carbocycles. The molecule has 0 saturated heterocycles. The summed E-state index contributed by atoms with van der Waals surface area (Å²) in [6.07, 6.45) is 2.45. The fourth-order valence-corrected chi connectivity index (χ4v) is 0.589. The molecule has 0 saturated carbocycles. The van der Waals surface area contributed by atoms with Crippen molar-refractivity contribution in [1.29, 1.82) is 5.26 Å². The van der Waals surface area contributed by atoms with Gasteiger partial charge in [-0.3, -0.25) is 0 Å². The molecule has 0 aliphatic heterocycles. The summed E-state index contributed by atoms with van der Waals surface area (Å²) in [7, 11) is 1.57. The van der Waals surface area contributed by atoms with E-state index in [2.05, 4.69) is 10.8 Å². The third-order valence-corrected chi connectivity index (χ3v) is 1.21. The van der Waals surface area contributed by atoms with E-state index < -0.39 is 0 Å². The van der Waals surface area contributed by atoms with Crippen molar-refractivity contribution >= 4 is 0 Å². The van der Waals surface area contributed by atoms with Gasteiger partial charge in [-0.05, 0) is 6.92 Å². The van der Waals surface area contributed by atoms with Gasteiger partial charge in [0.05, 0.1) is 12.7 Å². The lowest BCUT2D eigenvalue weighted by atomic mass is 10.2. The summed E-state index contributed by atoms with van der Waals surface area (Å²) in [6, 6.07) is 2.07. The molecule has 0 rings (SSSR count). The van der Waals surface area contributed by atoms with Gasteiger partial charge in [0.25, 0.3) is 0 Å². The molecule has 62 valence electrons. The van der Waals surface area contributed by atoms with Crippen molar-refractivity contribution in [3.05, 3.63) is 11.6 Å². The molecule has 0 unspecified atom stereocenters. The van der Waals surface area contributed by atoms with Crippen LogP contribution in [0.25, 0.3) is 0 Å². The first kappa shape index (κ1) is 10.2. The Bertz CT molecular complexity index is 158. The zero-order chi connectivity index (χ0) is 8.53. The Balaban J connectivity index is 3.32. The summed E-state index contributed by atoms with van der Waals surface area (Å²) in [4.78, 5) is 0. The van der Waals surface area contributed by atoms with E-state index in [4.69, 9.17) is 10.00 Å². The van der Waals surface area contributed by atoms with Crippen LogP contribution in [0.3, 0.4) is 0 Å². The molecule has 3 nitrogen and oxygen atoms in total. The normalized spacial score (nSPS) is 11.2. The predicted molar refractivity (Wildman–Crippen MR) is 41.8 cm³/mol. The first-order valence-corrected chi connectivity index (χ1v) is 3.47. The van der Waals surface area contributed by atoms with Crippen molar-refractivity contribution in [2.75, 3.05) is 20.5 Å². The smallest absolute Gasteiger partial charge is 0.146 e. The van der Waals surface area contributed by atoms with Crippen molar-refractivity contribution < 1.29 is 9.47 Å². The second-order valence-electron chi connectivity index (χ2n) is 1.99. The number of hydrogen-bond acceptors (Lipinski definition) is 3. The summed E-state index contributed by atoms with van der Waals surface area (Å²) in [5.74, 6) is 0. The van der Waals surface area contributed by atoms with Gasteiger partial charge in [0.15, 0.2) is 0 Å². The van der Waals surface area contributed by atoms with Crippen molar-refractivity contribution in [3.8, 4) is 6.07 Å². The van der Waals surface area contributed by atoms with Crippen LogP contribution in [0.2, 0.25) is 0 Å². The molecule has 0 fully saturated rings.